The SMILES string of the molecule is N#Cc1c(Cl)cccc1N1CCCN(CC(=O)O)CC1. The first-order valence-corrected chi connectivity index (χ1v) is 6.87. The standard InChI is InChI=1S/C14H16ClN3O2/c15-12-3-1-4-13(11(12)9-16)18-6-2-5-17(7-8-18)10-14(19)20/h1,3-4H,2,5-8,10H2,(H,19,20). The maximum atomic E-state index is 10.8. The number of anilines is 1. The molecule has 1 N–H and O–H groups in total. The van der Waals surface area contributed by atoms with Gasteiger partial charge >= 0.3 is 5.97 Å². The van der Waals surface area contributed by atoms with Crippen LogP contribution >= 0.6 is 11.6 Å². The molecule has 0 saturated carbocycles. The number of carbonyl (C=O) groups is 1. The molecule has 0 radical (unpaired) electrons. The topological polar surface area (TPSA) is 67.6 Å². The van der Waals surface area contributed by atoms with Crippen LogP contribution in [0.5, 0.6) is 0 Å². The Hall–Kier alpha value is -1.77. The Kier molecular flexibility index (Phi) is 4.83. The van der Waals surface area contributed by atoms with Gasteiger partial charge in [-0.1, -0.05) is 17.7 Å². The van der Waals surface area contributed by atoms with Gasteiger partial charge in [0, 0.05) is 26.2 Å². The summed E-state index contributed by atoms with van der Waals surface area (Å²) in [6, 6.07) is 7.57. The lowest BCUT2D eigenvalue weighted by Crippen LogP contribution is -2.34. The summed E-state index contributed by atoms with van der Waals surface area (Å²) in [6.07, 6.45) is 0.866. The van der Waals surface area contributed by atoms with Crippen molar-refractivity contribution in [3.8, 4) is 6.07 Å². The minimum absolute atomic E-state index is 0.0640. The van der Waals surface area contributed by atoms with E-state index in [1.165, 1.54) is 0 Å². The first kappa shape index (κ1) is 14.6. The van der Waals surface area contributed by atoms with Crippen LogP contribution in [0.15, 0.2) is 18.2 Å². The van der Waals surface area contributed by atoms with Crippen LogP contribution in [-0.2, 0) is 4.79 Å². The van der Waals surface area contributed by atoms with Gasteiger partial charge in [0.05, 0.1) is 22.8 Å². The first-order chi connectivity index (χ1) is 9.61. The third-order valence-corrected chi connectivity index (χ3v) is 3.71. The predicted molar refractivity (Wildman–Crippen MR) is 77.1 cm³/mol. The van der Waals surface area contributed by atoms with Crippen molar-refractivity contribution < 1.29 is 9.90 Å². The number of halogens is 1. The molecule has 0 spiro atoms. The fraction of sp³-hybridized carbons (Fsp3) is 0.429. The molecular formula is C14H16ClN3O2. The zero-order valence-electron chi connectivity index (χ0n) is 11.0. The predicted octanol–water partition coefficient (Wildman–Crippen LogP) is 1.81. The Labute approximate surface area is 123 Å². The van der Waals surface area contributed by atoms with Crippen molar-refractivity contribution in [1.29, 1.82) is 5.26 Å². The Morgan fingerprint density at radius 1 is 1.35 bits per heavy atom. The van der Waals surface area contributed by atoms with Crippen LogP contribution < -0.4 is 4.90 Å². The number of carboxylic acid groups (broad SMARTS) is 1. The summed E-state index contributed by atoms with van der Waals surface area (Å²) >= 11 is 6.05. The number of nitrogens with zero attached hydrogens (tertiary/aromatic N) is 3. The molecule has 1 saturated heterocycles. The molecule has 1 aliphatic rings. The van der Waals surface area contributed by atoms with Gasteiger partial charge in [-0.2, -0.15) is 5.26 Å². The highest BCUT2D eigenvalue weighted by atomic mass is 35.5. The maximum Gasteiger partial charge on any atom is 0.317 e. The minimum atomic E-state index is -0.807. The maximum absolute atomic E-state index is 10.8. The molecule has 20 heavy (non-hydrogen) atoms. The highest BCUT2D eigenvalue weighted by Gasteiger charge is 2.19. The monoisotopic (exact) mass is 293 g/mol. The molecule has 0 amide bonds. The number of benzene rings is 1. The second-order valence-electron chi connectivity index (χ2n) is 4.76. The average molecular weight is 294 g/mol. The normalized spacial score (nSPS) is 16.5. The van der Waals surface area contributed by atoms with Crippen LogP contribution in [-0.4, -0.2) is 48.7 Å². The van der Waals surface area contributed by atoms with Crippen molar-refractivity contribution in [3.05, 3.63) is 28.8 Å². The number of rotatable bonds is 3. The van der Waals surface area contributed by atoms with Gasteiger partial charge in [0.2, 0.25) is 0 Å². The van der Waals surface area contributed by atoms with Crippen molar-refractivity contribution in [1.82, 2.24) is 4.90 Å². The Balaban J connectivity index is 2.13. The second-order valence-corrected chi connectivity index (χ2v) is 5.16. The molecule has 1 fully saturated rings. The van der Waals surface area contributed by atoms with Gasteiger partial charge in [0.1, 0.15) is 6.07 Å². The van der Waals surface area contributed by atoms with E-state index >= 15 is 0 Å². The zero-order valence-corrected chi connectivity index (χ0v) is 11.8. The molecule has 1 heterocycles. The second kappa shape index (κ2) is 6.60. The fourth-order valence-electron chi connectivity index (χ4n) is 2.45. The molecule has 106 valence electrons. The Morgan fingerprint density at radius 3 is 2.85 bits per heavy atom. The zero-order chi connectivity index (χ0) is 14.5. The summed E-state index contributed by atoms with van der Waals surface area (Å²) in [7, 11) is 0. The third-order valence-electron chi connectivity index (χ3n) is 3.39. The highest BCUT2D eigenvalue weighted by molar-refractivity contribution is 6.32. The lowest BCUT2D eigenvalue weighted by atomic mass is 10.1. The van der Waals surface area contributed by atoms with E-state index in [0.717, 1.165) is 25.2 Å². The van der Waals surface area contributed by atoms with E-state index in [2.05, 4.69) is 11.0 Å². The van der Waals surface area contributed by atoms with Crippen LogP contribution in [0.3, 0.4) is 0 Å². The van der Waals surface area contributed by atoms with Gasteiger partial charge in [-0.3, -0.25) is 9.69 Å². The van der Waals surface area contributed by atoms with Gasteiger partial charge in [0.25, 0.3) is 0 Å². The van der Waals surface area contributed by atoms with E-state index in [1.807, 2.05) is 17.0 Å². The smallest absolute Gasteiger partial charge is 0.317 e. The fourth-order valence-corrected chi connectivity index (χ4v) is 2.66. The van der Waals surface area contributed by atoms with Gasteiger partial charge in [0.15, 0.2) is 0 Å². The molecule has 0 unspecified atom stereocenters. The molecule has 2 rings (SSSR count). The minimum Gasteiger partial charge on any atom is -0.480 e. The Bertz CT molecular complexity index is 542. The summed E-state index contributed by atoms with van der Waals surface area (Å²) in [4.78, 5) is 14.8. The molecule has 0 bridgehead atoms. The van der Waals surface area contributed by atoms with Crippen molar-refractivity contribution in [2.24, 2.45) is 0 Å². The summed E-state index contributed by atoms with van der Waals surface area (Å²) in [5.41, 5.74) is 1.32. The van der Waals surface area contributed by atoms with Crippen LogP contribution in [0.2, 0.25) is 5.02 Å². The number of hydrogen-bond donors (Lipinski definition) is 1. The first-order valence-electron chi connectivity index (χ1n) is 6.49. The molecule has 1 aliphatic heterocycles. The van der Waals surface area contributed by atoms with Crippen molar-refractivity contribution >= 4 is 23.3 Å². The van der Waals surface area contributed by atoms with Crippen LogP contribution in [0.1, 0.15) is 12.0 Å². The summed E-state index contributed by atoms with van der Waals surface area (Å²) in [5, 5.41) is 18.5. The number of carboxylic acids is 1. The van der Waals surface area contributed by atoms with Crippen LogP contribution in [0, 0.1) is 11.3 Å². The van der Waals surface area contributed by atoms with E-state index in [9.17, 15) is 10.1 Å². The number of nitriles is 1. The molecule has 1 aromatic rings. The largest absolute Gasteiger partial charge is 0.480 e. The van der Waals surface area contributed by atoms with E-state index in [-0.39, 0.29) is 6.54 Å². The van der Waals surface area contributed by atoms with E-state index in [1.54, 1.807) is 6.07 Å². The van der Waals surface area contributed by atoms with Gasteiger partial charge in [-0.05, 0) is 18.6 Å². The highest BCUT2D eigenvalue weighted by Crippen LogP contribution is 2.27. The average Bonchev–Trinajstić information content (AvgIpc) is 2.63. The number of hydrogen-bond acceptors (Lipinski definition) is 4. The van der Waals surface area contributed by atoms with Crippen LogP contribution in [0.25, 0.3) is 0 Å². The quantitative estimate of drug-likeness (QED) is 0.920. The Morgan fingerprint density at radius 2 is 2.15 bits per heavy atom. The van der Waals surface area contributed by atoms with Crippen molar-refractivity contribution in [3.63, 3.8) is 0 Å². The lowest BCUT2D eigenvalue weighted by molar-refractivity contribution is -0.138. The van der Waals surface area contributed by atoms with Gasteiger partial charge in [-0.25, -0.2) is 0 Å². The third kappa shape index (κ3) is 3.41. The van der Waals surface area contributed by atoms with E-state index in [0.29, 0.717) is 23.7 Å². The molecule has 0 aromatic heterocycles. The van der Waals surface area contributed by atoms with Crippen molar-refractivity contribution in [2.75, 3.05) is 37.6 Å². The number of aliphatic carboxylic acids is 1. The van der Waals surface area contributed by atoms with E-state index in [4.69, 9.17) is 16.7 Å². The van der Waals surface area contributed by atoms with Gasteiger partial charge < -0.3 is 10.0 Å². The molecule has 0 atom stereocenters. The summed E-state index contributed by atoms with van der Waals surface area (Å²) < 4.78 is 0. The lowest BCUT2D eigenvalue weighted by Gasteiger charge is -2.24. The summed E-state index contributed by atoms with van der Waals surface area (Å²) in [6.45, 7) is 2.98. The molecule has 5 nitrogen and oxygen atoms in total. The van der Waals surface area contributed by atoms with E-state index < -0.39 is 5.97 Å². The molecule has 0 aliphatic carbocycles. The van der Waals surface area contributed by atoms with Crippen LogP contribution in [0.4, 0.5) is 5.69 Å². The van der Waals surface area contributed by atoms with Crippen molar-refractivity contribution in [2.45, 2.75) is 6.42 Å². The van der Waals surface area contributed by atoms with Gasteiger partial charge in [-0.15, -0.1) is 0 Å². The molecule has 6 heteroatoms. The summed E-state index contributed by atoms with van der Waals surface area (Å²) in [5.74, 6) is -0.807. The molecule has 1 aromatic carbocycles. The molecular weight excluding hydrogens is 278 g/mol.